The van der Waals surface area contributed by atoms with Crippen molar-refractivity contribution in [1.29, 1.82) is 0 Å². The lowest BCUT2D eigenvalue weighted by molar-refractivity contribution is 0.0954. The summed E-state index contributed by atoms with van der Waals surface area (Å²) in [4.78, 5) is 11.9. The van der Waals surface area contributed by atoms with Gasteiger partial charge in [-0.25, -0.2) is 4.68 Å². The van der Waals surface area contributed by atoms with Gasteiger partial charge in [0.15, 0.2) is 0 Å². The Labute approximate surface area is 129 Å². The first-order valence-electron chi connectivity index (χ1n) is 7.26. The topological polar surface area (TPSA) is 46.9 Å². The minimum atomic E-state index is -0.0527. The molecule has 2 aromatic carbocycles. The molecule has 0 unspecified atom stereocenters. The number of para-hydroxylation sites is 1. The van der Waals surface area contributed by atoms with Gasteiger partial charge >= 0.3 is 0 Å². The molecule has 0 spiro atoms. The Balaban J connectivity index is 1.55. The monoisotopic (exact) mass is 291 g/mol. The lowest BCUT2D eigenvalue weighted by Crippen LogP contribution is -2.25. The number of rotatable bonds is 5. The Morgan fingerprint density at radius 3 is 2.36 bits per heavy atom. The van der Waals surface area contributed by atoms with Crippen molar-refractivity contribution in [3.63, 3.8) is 0 Å². The molecule has 1 amide bonds. The number of aromatic nitrogens is 2. The van der Waals surface area contributed by atoms with E-state index in [1.165, 1.54) is 0 Å². The van der Waals surface area contributed by atoms with Gasteiger partial charge in [0.2, 0.25) is 0 Å². The van der Waals surface area contributed by atoms with Gasteiger partial charge in [0.25, 0.3) is 5.91 Å². The summed E-state index contributed by atoms with van der Waals surface area (Å²) < 4.78 is 1.84. The summed E-state index contributed by atoms with van der Waals surface area (Å²) in [6.45, 7) is 0.569. The third-order valence-corrected chi connectivity index (χ3v) is 3.37. The molecule has 4 heteroatoms. The number of nitrogens with zero attached hydrogens (tertiary/aromatic N) is 2. The Morgan fingerprint density at radius 1 is 0.955 bits per heavy atom. The highest BCUT2D eigenvalue weighted by atomic mass is 16.1. The molecular weight excluding hydrogens is 274 g/mol. The summed E-state index contributed by atoms with van der Waals surface area (Å²) in [6.07, 6.45) is 2.64. The van der Waals surface area contributed by atoms with Gasteiger partial charge in [-0.3, -0.25) is 4.79 Å². The van der Waals surface area contributed by atoms with Gasteiger partial charge in [0, 0.05) is 24.7 Å². The van der Waals surface area contributed by atoms with Gasteiger partial charge in [-0.2, -0.15) is 5.10 Å². The number of carbonyl (C=O) groups excluding carboxylic acids is 1. The molecule has 0 aliphatic heterocycles. The first kappa shape index (κ1) is 14.1. The molecule has 1 N–H and O–H groups in total. The van der Waals surface area contributed by atoms with Crippen molar-refractivity contribution in [1.82, 2.24) is 15.1 Å². The predicted molar refractivity (Wildman–Crippen MR) is 86.0 cm³/mol. The average molecular weight is 291 g/mol. The minimum Gasteiger partial charge on any atom is -0.352 e. The first-order valence-corrected chi connectivity index (χ1v) is 7.26. The standard InChI is InChI=1S/C18H17N3O/c22-18(15-7-3-1-4-8-15)19-13-11-16-12-14-21(20-16)17-9-5-2-6-10-17/h1-10,12,14H,11,13H2,(H,19,22). The zero-order valence-electron chi connectivity index (χ0n) is 12.1. The molecule has 0 saturated carbocycles. The maximum absolute atomic E-state index is 11.9. The fraction of sp³-hybridized carbons (Fsp3) is 0.111. The molecule has 4 nitrogen and oxygen atoms in total. The van der Waals surface area contributed by atoms with Crippen LogP contribution in [0.15, 0.2) is 72.9 Å². The third kappa shape index (κ3) is 3.41. The van der Waals surface area contributed by atoms with E-state index in [2.05, 4.69) is 10.4 Å². The average Bonchev–Trinajstić information content (AvgIpc) is 3.05. The highest BCUT2D eigenvalue weighted by Crippen LogP contribution is 2.07. The van der Waals surface area contributed by atoms with Crippen LogP contribution >= 0.6 is 0 Å². The van der Waals surface area contributed by atoms with Crippen molar-refractivity contribution >= 4 is 5.91 Å². The number of hydrogen-bond donors (Lipinski definition) is 1. The van der Waals surface area contributed by atoms with E-state index in [0.29, 0.717) is 18.5 Å². The van der Waals surface area contributed by atoms with Crippen molar-refractivity contribution in [2.24, 2.45) is 0 Å². The van der Waals surface area contributed by atoms with Crippen LogP contribution in [0, 0.1) is 0 Å². The SMILES string of the molecule is O=C(NCCc1ccn(-c2ccccc2)n1)c1ccccc1. The smallest absolute Gasteiger partial charge is 0.251 e. The number of carbonyl (C=O) groups is 1. The van der Waals surface area contributed by atoms with E-state index in [1.807, 2.05) is 65.5 Å². The Morgan fingerprint density at radius 2 is 1.64 bits per heavy atom. The second-order valence-corrected chi connectivity index (χ2v) is 4.96. The van der Waals surface area contributed by atoms with Crippen LogP contribution in [0.4, 0.5) is 0 Å². The quantitative estimate of drug-likeness (QED) is 0.785. The second-order valence-electron chi connectivity index (χ2n) is 4.96. The van der Waals surface area contributed by atoms with Crippen LogP contribution in [0.1, 0.15) is 16.1 Å². The number of benzene rings is 2. The maximum atomic E-state index is 11.9. The van der Waals surface area contributed by atoms with E-state index in [0.717, 1.165) is 11.4 Å². The van der Waals surface area contributed by atoms with Crippen molar-refractivity contribution in [3.8, 4) is 5.69 Å². The van der Waals surface area contributed by atoms with E-state index in [4.69, 9.17) is 0 Å². The normalized spacial score (nSPS) is 10.4. The summed E-state index contributed by atoms with van der Waals surface area (Å²) in [5.74, 6) is -0.0527. The molecule has 0 radical (unpaired) electrons. The number of amides is 1. The van der Waals surface area contributed by atoms with E-state index < -0.39 is 0 Å². The zero-order chi connectivity index (χ0) is 15.2. The molecule has 1 aromatic heterocycles. The Hall–Kier alpha value is -2.88. The second kappa shape index (κ2) is 6.72. The molecule has 0 atom stereocenters. The van der Waals surface area contributed by atoms with Crippen LogP contribution in [0.5, 0.6) is 0 Å². The summed E-state index contributed by atoms with van der Waals surface area (Å²) >= 11 is 0. The molecule has 0 bridgehead atoms. The largest absolute Gasteiger partial charge is 0.352 e. The Kier molecular flexibility index (Phi) is 4.30. The minimum absolute atomic E-state index is 0.0527. The van der Waals surface area contributed by atoms with Crippen LogP contribution in [0.2, 0.25) is 0 Å². The van der Waals surface area contributed by atoms with Gasteiger partial charge in [0.05, 0.1) is 11.4 Å². The number of nitrogens with one attached hydrogen (secondary N) is 1. The molecule has 0 aliphatic carbocycles. The fourth-order valence-corrected chi connectivity index (χ4v) is 2.22. The van der Waals surface area contributed by atoms with Crippen LogP contribution < -0.4 is 5.32 Å². The molecule has 3 aromatic rings. The van der Waals surface area contributed by atoms with Crippen LogP contribution in [-0.2, 0) is 6.42 Å². The molecule has 110 valence electrons. The van der Waals surface area contributed by atoms with Crippen molar-refractivity contribution in [2.75, 3.05) is 6.54 Å². The third-order valence-electron chi connectivity index (χ3n) is 3.37. The summed E-state index contributed by atoms with van der Waals surface area (Å²) in [5.41, 5.74) is 2.66. The van der Waals surface area contributed by atoms with Gasteiger partial charge in [-0.05, 0) is 30.3 Å². The van der Waals surface area contributed by atoms with Gasteiger partial charge in [-0.15, -0.1) is 0 Å². The first-order chi connectivity index (χ1) is 10.8. The fourth-order valence-electron chi connectivity index (χ4n) is 2.22. The highest BCUT2D eigenvalue weighted by Gasteiger charge is 2.05. The molecule has 3 rings (SSSR count). The zero-order valence-corrected chi connectivity index (χ0v) is 12.1. The molecular formula is C18H17N3O. The summed E-state index contributed by atoms with van der Waals surface area (Å²) in [6, 6.07) is 21.2. The van der Waals surface area contributed by atoms with Crippen LogP contribution in [0.25, 0.3) is 5.69 Å². The van der Waals surface area contributed by atoms with Gasteiger partial charge in [0.1, 0.15) is 0 Å². The highest BCUT2D eigenvalue weighted by molar-refractivity contribution is 5.94. The molecule has 1 heterocycles. The van der Waals surface area contributed by atoms with E-state index in [-0.39, 0.29) is 5.91 Å². The van der Waals surface area contributed by atoms with Crippen molar-refractivity contribution in [2.45, 2.75) is 6.42 Å². The van der Waals surface area contributed by atoms with E-state index >= 15 is 0 Å². The molecule has 22 heavy (non-hydrogen) atoms. The maximum Gasteiger partial charge on any atom is 0.251 e. The molecule has 0 saturated heterocycles. The summed E-state index contributed by atoms with van der Waals surface area (Å²) in [7, 11) is 0. The Bertz CT molecular complexity index is 735. The summed E-state index contributed by atoms with van der Waals surface area (Å²) in [5, 5.41) is 7.42. The van der Waals surface area contributed by atoms with Crippen LogP contribution in [0.3, 0.4) is 0 Å². The van der Waals surface area contributed by atoms with Crippen molar-refractivity contribution in [3.05, 3.63) is 84.2 Å². The van der Waals surface area contributed by atoms with Crippen LogP contribution in [-0.4, -0.2) is 22.2 Å². The number of hydrogen-bond acceptors (Lipinski definition) is 2. The lowest BCUT2D eigenvalue weighted by atomic mass is 10.2. The lowest BCUT2D eigenvalue weighted by Gasteiger charge is -2.04. The predicted octanol–water partition coefficient (Wildman–Crippen LogP) is 2.84. The molecule has 0 aliphatic rings. The van der Waals surface area contributed by atoms with Gasteiger partial charge < -0.3 is 5.32 Å². The van der Waals surface area contributed by atoms with Crippen molar-refractivity contribution < 1.29 is 4.79 Å². The van der Waals surface area contributed by atoms with Gasteiger partial charge in [-0.1, -0.05) is 36.4 Å². The molecule has 0 fully saturated rings. The van der Waals surface area contributed by atoms with E-state index in [9.17, 15) is 4.79 Å². The van der Waals surface area contributed by atoms with E-state index in [1.54, 1.807) is 12.1 Å².